The fraction of sp³-hybridized carbons (Fsp3) is 0.320. The van der Waals surface area contributed by atoms with Gasteiger partial charge >= 0.3 is 5.97 Å². The van der Waals surface area contributed by atoms with Crippen molar-refractivity contribution in [2.24, 2.45) is 4.99 Å². The topological polar surface area (TPSA) is 71.0 Å². The highest BCUT2D eigenvalue weighted by Crippen LogP contribution is 2.23. The number of hydrogen-bond donors (Lipinski definition) is 1. The van der Waals surface area contributed by atoms with Gasteiger partial charge in [-0.15, -0.1) is 0 Å². The molecule has 6 heteroatoms. The second-order valence-electron chi connectivity index (χ2n) is 8.43. The fourth-order valence-electron chi connectivity index (χ4n) is 3.24. The molecule has 162 valence electrons. The number of benzodiazepines with no additional fused rings is 1. The average Bonchev–Trinajstić information content (AvgIpc) is 2.89. The van der Waals surface area contributed by atoms with E-state index in [1.165, 1.54) is 5.69 Å². The molecule has 0 bridgehead atoms. The van der Waals surface area contributed by atoms with Gasteiger partial charge in [-0.25, -0.2) is 0 Å². The minimum absolute atomic E-state index is 0.161. The normalized spacial score (nSPS) is 13.9. The number of nitrogens with one attached hydrogen (secondary N) is 1. The van der Waals surface area contributed by atoms with Gasteiger partial charge in [-0.2, -0.15) is 0 Å². The van der Waals surface area contributed by atoms with Gasteiger partial charge in [-0.3, -0.25) is 14.6 Å². The first-order chi connectivity index (χ1) is 14.7. The van der Waals surface area contributed by atoms with Crippen LogP contribution in [0.2, 0.25) is 0 Å². The van der Waals surface area contributed by atoms with Crippen molar-refractivity contribution < 1.29 is 14.3 Å². The molecule has 0 spiro atoms. The number of fused-ring (bicyclic) bond motifs is 1. The first-order valence-electron chi connectivity index (χ1n) is 10.4. The maximum Gasteiger partial charge on any atom is 0.325 e. The van der Waals surface area contributed by atoms with Gasteiger partial charge in [0.15, 0.2) is 0 Å². The predicted molar refractivity (Wildman–Crippen MR) is 125 cm³/mol. The largest absolute Gasteiger partial charge is 0.459 e. The number of carbonyl (C=O) groups is 2. The summed E-state index contributed by atoms with van der Waals surface area (Å²) in [6.45, 7) is 6.82. The number of amides is 1. The maximum absolute atomic E-state index is 12.3. The molecule has 0 aromatic heterocycles. The monoisotopic (exact) mass is 419 g/mol. The summed E-state index contributed by atoms with van der Waals surface area (Å²) in [6.07, 6.45) is 4.00. The van der Waals surface area contributed by atoms with Gasteiger partial charge in [0.25, 0.3) is 5.91 Å². The molecule has 0 saturated carbocycles. The third-order valence-electron chi connectivity index (χ3n) is 4.73. The number of hydrogen-bond acceptors (Lipinski definition) is 5. The zero-order chi connectivity index (χ0) is 22.4. The van der Waals surface area contributed by atoms with Crippen LogP contribution in [-0.4, -0.2) is 49.9 Å². The highest BCUT2D eigenvalue weighted by Gasteiger charge is 2.17. The van der Waals surface area contributed by atoms with E-state index >= 15 is 0 Å². The van der Waals surface area contributed by atoms with Gasteiger partial charge in [0.2, 0.25) is 0 Å². The van der Waals surface area contributed by atoms with E-state index in [4.69, 9.17) is 9.73 Å². The Morgan fingerprint density at radius 3 is 2.52 bits per heavy atom. The first kappa shape index (κ1) is 22.3. The van der Waals surface area contributed by atoms with E-state index in [1.807, 2.05) is 36.4 Å². The molecule has 1 amide bonds. The van der Waals surface area contributed by atoms with Gasteiger partial charge < -0.3 is 15.0 Å². The summed E-state index contributed by atoms with van der Waals surface area (Å²) in [5, 5.41) is 2.59. The van der Waals surface area contributed by atoms with E-state index in [9.17, 15) is 9.59 Å². The summed E-state index contributed by atoms with van der Waals surface area (Å²) in [7, 11) is 2.08. The number of likely N-dealkylation sites (N-methyl/N-ethyl adjacent to an activating group) is 1. The van der Waals surface area contributed by atoms with Crippen LogP contribution in [0.1, 0.15) is 42.3 Å². The Kier molecular flexibility index (Phi) is 6.90. The number of aliphatic imine (C=N–C) groups is 1. The van der Waals surface area contributed by atoms with E-state index in [1.54, 1.807) is 32.9 Å². The molecular weight excluding hydrogens is 390 g/mol. The Morgan fingerprint density at radius 1 is 1.10 bits per heavy atom. The van der Waals surface area contributed by atoms with Crippen LogP contribution in [0.3, 0.4) is 0 Å². The van der Waals surface area contributed by atoms with E-state index in [2.05, 4.69) is 29.4 Å². The Hall–Kier alpha value is -3.41. The molecule has 2 aromatic rings. The summed E-state index contributed by atoms with van der Waals surface area (Å²) in [4.78, 5) is 31.0. The lowest BCUT2D eigenvalue weighted by Gasteiger charge is -2.19. The van der Waals surface area contributed by atoms with Crippen molar-refractivity contribution in [3.05, 3.63) is 71.3 Å². The molecular formula is C25H29N3O3. The van der Waals surface area contributed by atoms with Crippen molar-refractivity contribution in [1.29, 1.82) is 0 Å². The van der Waals surface area contributed by atoms with Crippen molar-refractivity contribution in [2.45, 2.75) is 26.4 Å². The molecule has 0 atom stereocenters. The summed E-state index contributed by atoms with van der Waals surface area (Å²) in [5.41, 5.74) is 4.09. The standard InChI is InChI=1S/C25H29N3O3/c1-25(2,3)31-23(29)17-27-24(30)19-12-9-18(10-13-19)11-14-21-20-7-5-6-8-22(20)28(4)16-15-26-21/h5-14H,15-17H2,1-4H3,(H,27,30). The first-order valence-corrected chi connectivity index (χ1v) is 10.4. The minimum atomic E-state index is -0.576. The third-order valence-corrected chi connectivity index (χ3v) is 4.73. The Morgan fingerprint density at radius 2 is 1.81 bits per heavy atom. The highest BCUT2D eigenvalue weighted by atomic mass is 16.6. The van der Waals surface area contributed by atoms with Crippen molar-refractivity contribution in [3.8, 4) is 0 Å². The zero-order valence-electron chi connectivity index (χ0n) is 18.5. The number of carbonyl (C=O) groups excluding carboxylic acids is 2. The van der Waals surface area contributed by atoms with Crippen LogP contribution in [0.15, 0.2) is 59.6 Å². The fourth-order valence-corrected chi connectivity index (χ4v) is 3.24. The van der Waals surface area contributed by atoms with Crippen LogP contribution < -0.4 is 10.2 Å². The van der Waals surface area contributed by atoms with Crippen LogP contribution in [-0.2, 0) is 9.53 Å². The molecule has 0 radical (unpaired) electrons. The summed E-state index contributed by atoms with van der Waals surface area (Å²) < 4.78 is 5.20. The van der Waals surface area contributed by atoms with Crippen LogP contribution in [0.5, 0.6) is 0 Å². The summed E-state index contributed by atoms with van der Waals surface area (Å²) in [6, 6.07) is 15.5. The van der Waals surface area contributed by atoms with E-state index in [-0.39, 0.29) is 12.5 Å². The highest BCUT2D eigenvalue weighted by molar-refractivity contribution is 6.14. The number of benzene rings is 2. The van der Waals surface area contributed by atoms with E-state index < -0.39 is 11.6 Å². The van der Waals surface area contributed by atoms with Gasteiger partial charge in [0.05, 0.1) is 12.3 Å². The third kappa shape index (κ3) is 6.28. The Balaban J connectivity index is 1.64. The van der Waals surface area contributed by atoms with E-state index in [0.717, 1.165) is 29.9 Å². The number of para-hydroxylation sites is 1. The molecule has 1 aliphatic heterocycles. The molecule has 6 nitrogen and oxygen atoms in total. The summed E-state index contributed by atoms with van der Waals surface area (Å²) in [5.74, 6) is -0.776. The molecule has 2 aromatic carbocycles. The van der Waals surface area contributed by atoms with Gasteiger partial charge in [-0.1, -0.05) is 36.4 Å². The molecule has 1 heterocycles. The van der Waals surface area contributed by atoms with Crippen LogP contribution in [0.4, 0.5) is 5.69 Å². The van der Waals surface area contributed by atoms with Crippen molar-refractivity contribution >= 4 is 29.4 Å². The minimum Gasteiger partial charge on any atom is -0.459 e. The molecule has 0 aliphatic carbocycles. The molecule has 0 saturated heterocycles. The molecule has 0 fully saturated rings. The molecule has 0 unspecified atom stereocenters. The SMILES string of the molecule is CN1CCN=C(C=Cc2ccc(C(=O)NCC(=O)OC(C)(C)C)cc2)c2ccccc21. The number of allylic oxidation sites excluding steroid dienone is 1. The van der Waals surface area contributed by atoms with Crippen molar-refractivity contribution in [2.75, 3.05) is 31.6 Å². The van der Waals surface area contributed by atoms with Crippen LogP contribution in [0, 0.1) is 0 Å². The molecule has 1 N–H and O–H groups in total. The average molecular weight is 420 g/mol. The van der Waals surface area contributed by atoms with Crippen LogP contribution in [0.25, 0.3) is 6.08 Å². The lowest BCUT2D eigenvalue weighted by Crippen LogP contribution is -2.34. The van der Waals surface area contributed by atoms with Gasteiger partial charge in [-0.05, 0) is 50.6 Å². The second kappa shape index (κ2) is 9.60. The van der Waals surface area contributed by atoms with E-state index in [0.29, 0.717) is 5.56 Å². The van der Waals surface area contributed by atoms with Gasteiger partial charge in [0, 0.05) is 30.4 Å². The van der Waals surface area contributed by atoms with Crippen LogP contribution >= 0.6 is 0 Å². The lowest BCUT2D eigenvalue weighted by molar-refractivity contribution is -0.153. The smallest absolute Gasteiger partial charge is 0.325 e. The lowest BCUT2D eigenvalue weighted by atomic mass is 10.0. The zero-order valence-corrected chi connectivity index (χ0v) is 18.5. The maximum atomic E-state index is 12.3. The Labute approximate surface area is 183 Å². The van der Waals surface area contributed by atoms with Crippen molar-refractivity contribution in [1.82, 2.24) is 5.32 Å². The molecule has 3 rings (SSSR count). The predicted octanol–water partition coefficient (Wildman–Crippen LogP) is 3.71. The number of nitrogens with zero attached hydrogens (tertiary/aromatic N) is 2. The molecule has 31 heavy (non-hydrogen) atoms. The van der Waals surface area contributed by atoms with Gasteiger partial charge in [0.1, 0.15) is 12.1 Å². The van der Waals surface area contributed by atoms with Crippen molar-refractivity contribution in [3.63, 3.8) is 0 Å². The number of rotatable bonds is 5. The quantitative estimate of drug-likeness (QED) is 0.750. The number of anilines is 1. The Bertz CT molecular complexity index is 1000. The number of ether oxygens (including phenoxy) is 1. The summed E-state index contributed by atoms with van der Waals surface area (Å²) >= 11 is 0. The molecule has 1 aliphatic rings. The second-order valence-corrected chi connectivity index (χ2v) is 8.43. The number of esters is 1.